The number of hydrogen-bond donors (Lipinski definition) is 1. The Kier molecular flexibility index (Phi) is 7.76. The fourth-order valence-corrected chi connectivity index (χ4v) is 1.62. The molecule has 1 atom stereocenters. The van der Waals surface area contributed by atoms with Crippen LogP contribution in [0.3, 0.4) is 0 Å². The van der Waals surface area contributed by atoms with Crippen molar-refractivity contribution in [3.63, 3.8) is 0 Å². The Labute approximate surface area is 73.1 Å². The van der Waals surface area contributed by atoms with Gasteiger partial charge in [-0.05, 0) is 25.5 Å². The number of unbranched alkanes of at least 4 members (excludes halogenated alkanes) is 2. The third-order valence-electron chi connectivity index (χ3n) is 1.21. The van der Waals surface area contributed by atoms with Crippen molar-refractivity contribution in [3.8, 4) is 6.07 Å². The standard InChI is InChI=1S/C8H16N2S/c1-8(10)7-11-6-4-2-3-5-9/h8H,2-4,6-7,10H2,1H3. The molecule has 3 heteroatoms. The van der Waals surface area contributed by atoms with E-state index in [0.717, 1.165) is 24.3 Å². The number of thioether (sulfide) groups is 1. The minimum absolute atomic E-state index is 0.302. The summed E-state index contributed by atoms with van der Waals surface area (Å²) >= 11 is 1.88. The second-order valence-electron chi connectivity index (χ2n) is 2.67. The van der Waals surface area contributed by atoms with Gasteiger partial charge in [0.1, 0.15) is 0 Å². The summed E-state index contributed by atoms with van der Waals surface area (Å²) in [7, 11) is 0. The summed E-state index contributed by atoms with van der Waals surface area (Å²) < 4.78 is 0. The highest BCUT2D eigenvalue weighted by atomic mass is 32.2. The molecule has 0 fully saturated rings. The monoisotopic (exact) mass is 172 g/mol. The maximum Gasteiger partial charge on any atom is 0.0621 e. The largest absolute Gasteiger partial charge is 0.327 e. The van der Waals surface area contributed by atoms with Gasteiger partial charge in [-0.2, -0.15) is 17.0 Å². The summed E-state index contributed by atoms with van der Waals surface area (Å²) in [4.78, 5) is 0. The van der Waals surface area contributed by atoms with Gasteiger partial charge in [0.05, 0.1) is 6.07 Å². The highest BCUT2D eigenvalue weighted by Crippen LogP contribution is 2.06. The predicted molar refractivity (Wildman–Crippen MR) is 50.4 cm³/mol. The third-order valence-corrected chi connectivity index (χ3v) is 2.55. The zero-order valence-corrected chi connectivity index (χ0v) is 7.86. The van der Waals surface area contributed by atoms with Crippen molar-refractivity contribution in [1.82, 2.24) is 0 Å². The fourth-order valence-electron chi connectivity index (χ4n) is 0.677. The summed E-state index contributed by atoms with van der Waals surface area (Å²) in [5.74, 6) is 2.18. The van der Waals surface area contributed by atoms with Crippen LogP contribution in [-0.4, -0.2) is 17.5 Å². The van der Waals surface area contributed by atoms with Crippen LogP contribution in [0.1, 0.15) is 26.2 Å². The lowest BCUT2D eigenvalue weighted by atomic mass is 10.3. The molecule has 0 rings (SSSR count). The Morgan fingerprint density at radius 3 is 2.82 bits per heavy atom. The van der Waals surface area contributed by atoms with E-state index in [2.05, 4.69) is 6.07 Å². The van der Waals surface area contributed by atoms with E-state index >= 15 is 0 Å². The SMILES string of the molecule is CC(N)CSCCCCC#N. The average molecular weight is 172 g/mol. The highest BCUT2D eigenvalue weighted by molar-refractivity contribution is 7.99. The summed E-state index contributed by atoms with van der Waals surface area (Å²) in [6.07, 6.45) is 2.87. The number of nitriles is 1. The molecule has 0 aromatic carbocycles. The third kappa shape index (κ3) is 9.80. The Morgan fingerprint density at radius 2 is 2.27 bits per heavy atom. The van der Waals surface area contributed by atoms with Gasteiger partial charge in [-0.25, -0.2) is 0 Å². The minimum atomic E-state index is 0.302. The first-order valence-electron chi connectivity index (χ1n) is 3.97. The second-order valence-corrected chi connectivity index (χ2v) is 3.82. The zero-order valence-electron chi connectivity index (χ0n) is 7.05. The van der Waals surface area contributed by atoms with Crippen molar-refractivity contribution >= 4 is 11.8 Å². The maximum atomic E-state index is 8.23. The van der Waals surface area contributed by atoms with Gasteiger partial charge >= 0.3 is 0 Å². The van der Waals surface area contributed by atoms with Crippen molar-refractivity contribution in [3.05, 3.63) is 0 Å². The lowest BCUT2D eigenvalue weighted by Crippen LogP contribution is -2.17. The zero-order chi connectivity index (χ0) is 8.53. The molecular formula is C8H16N2S. The van der Waals surface area contributed by atoms with E-state index in [1.807, 2.05) is 18.7 Å². The first kappa shape index (κ1) is 10.8. The molecule has 0 aromatic rings. The van der Waals surface area contributed by atoms with Crippen LogP contribution < -0.4 is 5.73 Å². The van der Waals surface area contributed by atoms with E-state index in [1.165, 1.54) is 0 Å². The van der Waals surface area contributed by atoms with Gasteiger partial charge in [0, 0.05) is 18.2 Å². The summed E-state index contributed by atoms with van der Waals surface area (Å²) in [6, 6.07) is 2.44. The maximum absolute atomic E-state index is 8.23. The van der Waals surface area contributed by atoms with Crippen molar-refractivity contribution in [2.24, 2.45) is 5.73 Å². The van der Waals surface area contributed by atoms with Gasteiger partial charge in [-0.1, -0.05) is 0 Å². The molecule has 0 saturated heterocycles. The van der Waals surface area contributed by atoms with Crippen molar-refractivity contribution in [1.29, 1.82) is 5.26 Å². The molecule has 0 heterocycles. The molecule has 0 aliphatic heterocycles. The van der Waals surface area contributed by atoms with Crippen LogP contribution in [-0.2, 0) is 0 Å². The molecule has 0 aromatic heterocycles. The fraction of sp³-hybridized carbons (Fsp3) is 0.875. The number of rotatable bonds is 6. The van der Waals surface area contributed by atoms with E-state index in [0.29, 0.717) is 12.5 Å². The van der Waals surface area contributed by atoms with Gasteiger partial charge in [-0.3, -0.25) is 0 Å². The molecule has 0 aliphatic carbocycles. The molecule has 1 unspecified atom stereocenters. The molecule has 0 amide bonds. The van der Waals surface area contributed by atoms with Gasteiger partial charge in [-0.15, -0.1) is 0 Å². The van der Waals surface area contributed by atoms with Gasteiger partial charge in [0.15, 0.2) is 0 Å². The Hall–Kier alpha value is -0.200. The molecule has 0 saturated carbocycles. The highest BCUT2D eigenvalue weighted by Gasteiger charge is 1.93. The Bertz CT molecular complexity index is 118. The molecule has 0 aliphatic rings. The number of hydrogen-bond acceptors (Lipinski definition) is 3. The molecule has 11 heavy (non-hydrogen) atoms. The van der Waals surface area contributed by atoms with Crippen LogP contribution in [0.4, 0.5) is 0 Å². The van der Waals surface area contributed by atoms with Crippen LogP contribution in [0.15, 0.2) is 0 Å². The first-order valence-corrected chi connectivity index (χ1v) is 5.13. The predicted octanol–water partition coefficient (Wildman–Crippen LogP) is 1.76. The van der Waals surface area contributed by atoms with Crippen LogP contribution in [0, 0.1) is 11.3 Å². The topological polar surface area (TPSA) is 49.8 Å². The quantitative estimate of drug-likeness (QED) is 0.621. The molecule has 2 nitrogen and oxygen atoms in total. The molecule has 2 N–H and O–H groups in total. The van der Waals surface area contributed by atoms with Crippen LogP contribution in [0.5, 0.6) is 0 Å². The second kappa shape index (κ2) is 7.90. The average Bonchev–Trinajstić information content (AvgIpc) is 1.96. The van der Waals surface area contributed by atoms with E-state index in [-0.39, 0.29) is 0 Å². The Morgan fingerprint density at radius 1 is 1.55 bits per heavy atom. The van der Waals surface area contributed by atoms with Crippen LogP contribution in [0.2, 0.25) is 0 Å². The van der Waals surface area contributed by atoms with Crippen LogP contribution in [0.25, 0.3) is 0 Å². The molecule has 0 radical (unpaired) electrons. The van der Waals surface area contributed by atoms with Crippen molar-refractivity contribution < 1.29 is 0 Å². The summed E-state index contributed by atoms with van der Waals surface area (Å²) in [5, 5.41) is 8.23. The van der Waals surface area contributed by atoms with Crippen LogP contribution >= 0.6 is 11.8 Å². The molecule has 0 spiro atoms. The minimum Gasteiger partial charge on any atom is -0.327 e. The number of nitrogens with two attached hydrogens (primary N) is 1. The van der Waals surface area contributed by atoms with E-state index < -0.39 is 0 Å². The molecule has 64 valence electrons. The van der Waals surface area contributed by atoms with E-state index in [4.69, 9.17) is 11.0 Å². The first-order chi connectivity index (χ1) is 5.27. The van der Waals surface area contributed by atoms with Gasteiger partial charge in [0.25, 0.3) is 0 Å². The van der Waals surface area contributed by atoms with Gasteiger partial charge < -0.3 is 5.73 Å². The lowest BCUT2D eigenvalue weighted by Gasteiger charge is -2.02. The molecule has 0 bridgehead atoms. The Balaban J connectivity index is 2.86. The van der Waals surface area contributed by atoms with Crippen molar-refractivity contribution in [2.75, 3.05) is 11.5 Å². The smallest absolute Gasteiger partial charge is 0.0621 e. The summed E-state index contributed by atoms with van der Waals surface area (Å²) in [5.41, 5.74) is 5.56. The van der Waals surface area contributed by atoms with Crippen molar-refractivity contribution in [2.45, 2.75) is 32.2 Å². The summed E-state index contributed by atoms with van der Waals surface area (Å²) in [6.45, 7) is 2.02. The van der Waals surface area contributed by atoms with E-state index in [1.54, 1.807) is 0 Å². The lowest BCUT2D eigenvalue weighted by molar-refractivity contribution is 0.820. The van der Waals surface area contributed by atoms with Gasteiger partial charge in [0.2, 0.25) is 0 Å². The molecular weight excluding hydrogens is 156 g/mol. The van der Waals surface area contributed by atoms with E-state index in [9.17, 15) is 0 Å². The normalized spacial score (nSPS) is 12.5. The number of nitrogens with zero attached hydrogens (tertiary/aromatic N) is 1.